The molecule has 2 heterocycles. The van der Waals surface area contributed by atoms with Crippen molar-refractivity contribution in [3.05, 3.63) is 245 Å². The number of benzene rings is 6. The van der Waals surface area contributed by atoms with Gasteiger partial charge in [0.2, 0.25) is 0 Å². The number of hydrogen-bond donors (Lipinski definition) is 0. The highest BCUT2D eigenvalue weighted by Gasteiger charge is 2.51. The van der Waals surface area contributed by atoms with Gasteiger partial charge >= 0.3 is 0 Å². The molecular weight excluding hydrogens is 893 g/mol. The molecule has 0 amide bonds. The van der Waals surface area contributed by atoms with E-state index in [-0.39, 0.29) is 10.8 Å². The number of aromatic nitrogens is 2. The Hall–Kier alpha value is -7.21. The zero-order valence-corrected chi connectivity index (χ0v) is 43.1. The van der Waals surface area contributed by atoms with Crippen LogP contribution in [0.1, 0.15) is 94.4 Å². The summed E-state index contributed by atoms with van der Waals surface area (Å²) in [4.78, 5) is 11.8. The lowest BCUT2D eigenvalue weighted by Crippen LogP contribution is -2.32. The van der Waals surface area contributed by atoms with Crippen molar-refractivity contribution in [2.45, 2.75) is 89.5 Å². The van der Waals surface area contributed by atoms with Crippen molar-refractivity contribution in [2.24, 2.45) is 11.8 Å². The first-order valence-corrected chi connectivity index (χ1v) is 27.4. The topological polar surface area (TPSA) is 24.3 Å². The van der Waals surface area contributed by atoms with Crippen molar-refractivity contribution in [1.29, 1.82) is 0 Å². The molecule has 0 N–H and O–H groups in total. The molecule has 0 fully saturated rings. The van der Waals surface area contributed by atoms with Gasteiger partial charge < -0.3 is 14.4 Å². The summed E-state index contributed by atoms with van der Waals surface area (Å²) in [5.74, 6) is 2.28. The molecule has 2 aromatic heterocycles. The van der Waals surface area contributed by atoms with Crippen molar-refractivity contribution in [3.8, 4) is 33.2 Å². The Balaban J connectivity index is 0.975. The van der Waals surface area contributed by atoms with Crippen LogP contribution in [0.15, 0.2) is 223 Å². The van der Waals surface area contributed by atoms with E-state index in [2.05, 4.69) is 261 Å². The molecule has 0 saturated heterocycles. The monoisotopic (exact) mass is 956 g/mol. The third-order valence-electron chi connectivity index (χ3n) is 17.3. The van der Waals surface area contributed by atoms with Gasteiger partial charge in [-0.3, -0.25) is 0 Å². The van der Waals surface area contributed by atoms with Gasteiger partial charge in [-0.15, -0.1) is 11.3 Å². The maximum atomic E-state index is 5.73. The Morgan fingerprint density at radius 3 is 1.33 bits per heavy atom. The maximum absolute atomic E-state index is 5.73. The lowest BCUT2D eigenvalue weighted by atomic mass is 9.67. The third-order valence-corrected chi connectivity index (χ3v) is 18.1. The average molecular weight is 957 g/mol. The highest BCUT2D eigenvalue weighted by molar-refractivity contribution is 7.13. The number of para-hydroxylation sites is 4. The molecule has 358 valence electrons. The lowest BCUT2D eigenvalue weighted by molar-refractivity contribution is 0.304. The van der Waals surface area contributed by atoms with Crippen LogP contribution in [0.5, 0.6) is 0 Å². The molecule has 4 atom stereocenters. The van der Waals surface area contributed by atoms with E-state index in [1.165, 1.54) is 78.1 Å². The summed E-state index contributed by atoms with van der Waals surface area (Å²) in [6.45, 7) is 12.8. The van der Waals surface area contributed by atoms with Crippen molar-refractivity contribution >= 4 is 34.1 Å². The third kappa shape index (κ3) is 7.25. The number of anilines is 4. The van der Waals surface area contributed by atoms with Gasteiger partial charge in [-0.25, -0.2) is 4.98 Å². The number of thiophene rings is 1. The quantitative estimate of drug-likeness (QED) is 0.109. The van der Waals surface area contributed by atoms with Gasteiger partial charge in [0.25, 0.3) is 0 Å². The average Bonchev–Trinajstić information content (AvgIpc) is 4.24. The number of nitrogens with zero attached hydrogens (tertiary/aromatic N) is 4. The Kier molecular flexibility index (Phi) is 12.0. The van der Waals surface area contributed by atoms with Gasteiger partial charge in [-0.1, -0.05) is 155 Å². The van der Waals surface area contributed by atoms with Crippen molar-refractivity contribution in [3.63, 3.8) is 0 Å². The van der Waals surface area contributed by atoms with Crippen LogP contribution in [0.3, 0.4) is 0 Å². The SMILES string of the molecule is CCn1c(-c2cccs2)nc(-c2ccc3c(c2)C(CC)(CC)C2C=C(N(c4ccccc4)c4ccccc4)C=CC32)c1-c1ccc2c(c1)C(CC)(CC)C1C=C(N(c3ccccc3)c3ccccc3)C=CC21. The maximum Gasteiger partial charge on any atom is 0.151 e. The minimum Gasteiger partial charge on any atom is -0.323 e. The molecule has 4 aliphatic rings. The van der Waals surface area contributed by atoms with Gasteiger partial charge in [-0.05, 0) is 151 Å². The predicted molar refractivity (Wildman–Crippen MR) is 304 cm³/mol. The summed E-state index contributed by atoms with van der Waals surface area (Å²) in [5.41, 5.74) is 17.7. The van der Waals surface area contributed by atoms with E-state index < -0.39 is 0 Å². The second-order valence-electron chi connectivity index (χ2n) is 20.2. The first-order valence-electron chi connectivity index (χ1n) is 26.5. The van der Waals surface area contributed by atoms with Crippen LogP contribution < -0.4 is 9.80 Å². The van der Waals surface area contributed by atoms with E-state index in [9.17, 15) is 0 Å². The molecule has 4 nitrogen and oxygen atoms in total. The molecule has 0 bridgehead atoms. The predicted octanol–water partition coefficient (Wildman–Crippen LogP) is 18.1. The van der Waals surface area contributed by atoms with Crippen LogP contribution in [0.2, 0.25) is 0 Å². The van der Waals surface area contributed by atoms with Crippen LogP contribution in [0.4, 0.5) is 22.7 Å². The fraction of sp³-hybridized carbons (Fsp3) is 0.239. The molecule has 0 aliphatic heterocycles. The summed E-state index contributed by atoms with van der Waals surface area (Å²) < 4.78 is 2.50. The van der Waals surface area contributed by atoms with E-state index in [0.717, 1.165) is 43.7 Å². The first kappa shape index (κ1) is 45.9. The van der Waals surface area contributed by atoms with Crippen LogP contribution in [-0.2, 0) is 17.4 Å². The van der Waals surface area contributed by atoms with E-state index in [0.29, 0.717) is 23.7 Å². The van der Waals surface area contributed by atoms with E-state index in [1.54, 1.807) is 11.3 Å². The lowest BCUT2D eigenvalue weighted by Gasteiger charge is -2.38. The second-order valence-corrected chi connectivity index (χ2v) is 21.1. The molecule has 6 aromatic carbocycles. The summed E-state index contributed by atoms with van der Waals surface area (Å²) in [6, 6.07) is 62.7. The van der Waals surface area contributed by atoms with E-state index >= 15 is 0 Å². The van der Waals surface area contributed by atoms with Crippen LogP contribution in [0, 0.1) is 11.8 Å². The van der Waals surface area contributed by atoms with Gasteiger partial charge in [0.05, 0.1) is 16.3 Å². The minimum absolute atomic E-state index is 0.0406. The van der Waals surface area contributed by atoms with Gasteiger partial charge in [0.15, 0.2) is 5.82 Å². The zero-order chi connectivity index (χ0) is 49.0. The minimum atomic E-state index is -0.0443. The van der Waals surface area contributed by atoms with E-state index in [4.69, 9.17) is 4.98 Å². The number of rotatable bonds is 14. The summed E-state index contributed by atoms with van der Waals surface area (Å²) >= 11 is 1.78. The van der Waals surface area contributed by atoms with Gasteiger partial charge in [-0.2, -0.15) is 0 Å². The smallest absolute Gasteiger partial charge is 0.151 e. The number of allylic oxidation sites excluding steroid dienone is 6. The summed E-state index contributed by atoms with van der Waals surface area (Å²) in [7, 11) is 0. The molecular formula is C67H64N4S. The second kappa shape index (κ2) is 18.8. The van der Waals surface area contributed by atoms with Crippen molar-refractivity contribution < 1.29 is 0 Å². The Labute approximate surface area is 431 Å². The highest BCUT2D eigenvalue weighted by Crippen LogP contribution is 2.60. The Morgan fingerprint density at radius 1 is 0.500 bits per heavy atom. The summed E-state index contributed by atoms with van der Waals surface area (Å²) in [6.07, 6.45) is 19.2. The van der Waals surface area contributed by atoms with Crippen molar-refractivity contribution in [2.75, 3.05) is 9.80 Å². The number of imidazole rings is 1. The molecule has 0 radical (unpaired) electrons. The number of fused-ring (bicyclic) bond motifs is 6. The molecule has 72 heavy (non-hydrogen) atoms. The normalized spacial score (nSPS) is 19.7. The van der Waals surface area contributed by atoms with Crippen LogP contribution >= 0.6 is 11.3 Å². The molecule has 0 saturated carbocycles. The molecule has 4 unspecified atom stereocenters. The van der Waals surface area contributed by atoms with E-state index in [1.807, 2.05) is 0 Å². The first-order chi connectivity index (χ1) is 35.4. The number of hydrogen-bond acceptors (Lipinski definition) is 4. The standard InChI is InChI=1S/C67H64N4S/c1-6-66(7-2)58-42-46(33-37-54(58)56-39-35-52(44-60(56)66)70(48-24-15-11-16-25-48)49-26-17-12-18-27-49)63-64(69(10-5)65(68-63)62-32-23-41-72-62)47-34-38-55-57-40-36-53(45-61(57)67(8-3,9-4)59(55)43-47)71(50-28-19-13-20-29-50)51-30-21-14-22-31-51/h11-45,56-57,60-61H,6-10H2,1-5H3. The van der Waals surface area contributed by atoms with Crippen LogP contribution in [0.25, 0.3) is 33.2 Å². The van der Waals surface area contributed by atoms with Crippen molar-refractivity contribution in [1.82, 2.24) is 9.55 Å². The summed E-state index contributed by atoms with van der Waals surface area (Å²) in [5, 5.41) is 2.18. The fourth-order valence-corrected chi connectivity index (χ4v) is 14.4. The zero-order valence-electron chi connectivity index (χ0n) is 42.2. The largest absolute Gasteiger partial charge is 0.323 e. The molecule has 5 heteroatoms. The molecule has 12 rings (SSSR count). The highest BCUT2D eigenvalue weighted by atomic mass is 32.1. The van der Waals surface area contributed by atoms with Crippen LogP contribution in [-0.4, -0.2) is 9.55 Å². The molecule has 8 aromatic rings. The molecule has 4 aliphatic carbocycles. The van der Waals surface area contributed by atoms with Gasteiger partial charge in [0.1, 0.15) is 0 Å². The Bertz CT molecular complexity index is 3270. The molecule has 0 spiro atoms. The van der Waals surface area contributed by atoms with Gasteiger partial charge in [0, 0.05) is 74.5 Å². The fourth-order valence-electron chi connectivity index (χ4n) is 13.7. The Morgan fingerprint density at radius 2 is 0.931 bits per heavy atom.